The lowest BCUT2D eigenvalue weighted by Crippen LogP contribution is -1.97. The molecule has 3 heteroatoms. The maximum atomic E-state index is 10.0. The van der Waals surface area contributed by atoms with Crippen LogP contribution in [0.3, 0.4) is 0 Å². The van der Waals surface area contributed by atoms with Crippen LogP contribution in [0.2, 0.25) is 5.02 Å². The summed E-state index contributed by atoms with van der Waals surface area (Å²) in [6.45, 7) is 1.97. The summed E-state index contributed by atoms with van der Waals surface area (Å²) in [4.78, 5) is 2.06. The predicted molar refractivity (Wildman–Crippen MR) is 77.3 cm³/mol. The van der Waals surface area contributed by atoms with E-state index in [9.17, 15) is 5.11 Å². The minimum absolute atomic E-state index is 0.420. The number of aliphatic hydroxyl groups excluding tert-OH is 1. The van der Waals surface area contributed by atoms with E-state index in [-0.39, 0.29) is 0 Å². The van der Waals surface area contributed by atoms with E-state index in [2.05, 4.69) is 0 Å². The quantitative estimate of drug-likeness (QED) is 0.855. The summed E-state index contributed by atoms with van der Waals surface area (Å²) >= 11 is 7.75. The number of hydrogen-bond donors (Lipinski definition) is 1. The van der Waals surface area contributed by atoms with Gasteiger partial charge in [0, 0.05) is 9.79 Å². The molecule has 0 saturated carbocycles. The van der Waals surface area contributed by atoms with Gasteiger partial charge in [-0.05, 0) is 30.2 Å². The summed E-state index contributed by atoms with van der Waals surface area (Å²) in [5, 5.41) is 10.8. The Bertz CT molecular complexity index is 527. The molecule has 0 aliphatic rings. The lowest BCUT2D eigenvalue weighted by Gasteiger charge is -2.13. The molecule has 0 aliphatic carbocycles. The molecular formula is C15H15ClOS. The molecule has 1 nitrogen and oxygen atoms in total. The SMILES string of the molecule is CCC(O)c1ccccc1Sc1ccccc1Cl. The molecule has 1 N–H and O–H groups in total. The molecule has 2 aromatic carbocycles. The third kappa shape index (κ3) is 3.08. The molecule has 0 fully saturated rings. The molecule has 1 atom stereocenters. The minimum atomic E-state index is -0.420. The highest BCUT2D eigenvalue weighted by atomic mass is 35.5. The molecular weight excluding hydrogens is 264 g/mol. The van der Waals surface area contributed by atoms with Crippen LogP contribution in [0.5, 0.6) is 0 Å². The van der Waals surface area contributed by atoms with E-state index in [1.165, 1.54) is 0 Å². The monoisotopic (exact) mass is 278 g/mol. The molecule has 94 valence electrons. The van der Waals surface area contributed by atoms with Crippen LogP contribution in [0.4, 0.5) is 0 Å². The lowest BCUT2D eigenvalue weighted by atomic mass is 10.1. The molecule has 0 amide bonds. The van der Waals surface area contributed by atoms with E-state index < -0.39 is 6.10 Å². The average molecular weight is 279 g/mol. The van der Waals surface area contributed by atoms with Gasteiger partial charge in [0.2, 0.25) is 0 Å². The Balaban J connectivity index is 2.32. The fourth-order valence-corrected chi connectivity index (χ4v) is 2.98. The van der Waals surface area contributed by atoms with Crippen LogP contribution >= 0.6 is 23.4 Å². The van der Waals surface area contributed by atoms with Crippen LogP contribution in [0.1, 0.15) is 25.0 Å². The first kappa shape index (κ1) is 13.5. The van der Waals surface area contributed by atoms with Gasteiger partial charge < -0.3 is 5.11 Å². The Morgan fingerprint density at radius 1 is 1.06 bits per heavy atom. The van der Waals surface area contributed by atoms with E-state index in [1.807, 2.05) is 55.5 Å². The Labute approximate surface area is 117 Å². The Morgan fingerprint density at radius 2 is 1.67 bits per heavy atom. The van der Waals surface area contributed by atoms with Crippen molar-refractivity contribution in [2.24, 2.45) is 0 Å². The number of benzene rings is 2. The van der Waals surface area contributed by atoms with E-state index in [1.54, 1.807) is 11.8 Å². The molecule has 0 radical (unpaired) electrons. The summed E-state index contributed by atoms with van der Waals surface area (Å²) in [5.74, 6) is 0. The van der Waals surface area contributed by atoms with Gasteiger partial charge in [0.05, 0.1) is 11.1 Å². The smallest absolute Gasteiger partial charge is 0.0798 e. The van der Waals surface area contributed by atoms with Crippen LogP contribution < -0.4 is 0 Å². The molecule has 0 aromatic heterocycles. The van der Waals surface area contributed by atoms with Gasteiger partial charge in [-0.3, -0.25) is 0 Å². The largest absolute Gasteiger partial charge is 0.388 e. The van der Waals surface area contributed by atoms with Gasteiger partial charge >= 0.3 is 0 Å². The molecule has 2 rings (SSSR count). The second-order valence-electron chi connectivity index (χ2n) is 3.99. The summed E-state index contributed by atoms with van der Waals surface area (Å²) in [6, 6.07) is 15.7. The van der Waals surface area contributed by atoms with Gasteiger partial charge in [0.1, 0.15) is 0 Å². The van der Waals surface area contributed by atoms with Crippen molar-refractivity contribution in [3.05, 3.63) is 59.1 Å². The van der Waals surface area contributed by atoms with E-state index >= 15 is 0 Å². The van der Waals surface area contributed by atoms with Gasteiger partial charge in [-0.15, -0.1) is 0 Å². The lowest BCUT2D eigenvalue weighted by molar-refractivity contribution is 0.171. The van der Waals surface area contributed by atoms with E-state index in [0.29, 0.717) is 6.42 Å². The molecule has 0 heterocycles. The first-order valence-corrected chi connectivity index (χ1v) is 7.11. The van der Waals surface area contributed by atoms with Crippen molar-refractivity contribution in [2.75, 3.05) is 0 Å². The maximum absolute atomic E-state index is 10.0. The zero-order valence-corrected chi connectivity index (χ0v) is 11.7. The highest BCUT2D eigenvalue weighted by Crippen LogP contribution is 2.37. The van der Waals surface area contributed by atoms with Crippen molar-refractivity contribution in [1.29, 1.82) is 0 Å². The van der Waals surface area contributed by atoms with Crippen molar-refractivity contribution in [2.45, 2.75) is 29.2 Å². The van der Waals surface area contributed by atoms with Crippen LogP contribution in [0, 0.1) is 0 Å². The zero-order valence-electron chi connectivity index (χ0n) is 10.1. The molecule has 0 aliphatic heterocycles. The van der Waals surface area contributed by atoms with Crippen LogP contribution in [0.15, 0.2) is 58.3 Å². The van der Waals surface area contributed by atoms with Crippen molar-refractivity contribution in [3.63, 3.8) is 0 Å². The zero-order chi connectivity index (χ0) is 13.0. The normalized spacial score (nSPS) is 12.4. The molecule has 0 spiro atoms. The second kappa shape index (κ2) is 6.28. The van der Waals surface area contributed by atoms with Gasteiger partial charge in [-0.25, -0.2) is 0 Å². The maximum Gasteiger partial charge on any atom is 0.0798 e. The average Bonchev–Trinajstić information content (AvgIpc) is 2.41. The standard InChI is InChI=1S/C15H15ClOS/c1-2-13(17)11-7-3-5-9-14(11)18-15-10-6-4-8-12(15)16/h3-10,13,17H,2H2,1H3. The van der Waals surface area contributed by atoms with E-state index in [4.69, 9.17) is 11.6 Å². The van der Waals surface area contributed by atoms with Crippen LogP contribution in [0.25, 0.3) is 0 Å². The number of rotatable bonds is 4. The summed E-state index contributed by atoms with van der Waals surface area (Å²) in [6.07, 6.45) is 0.288. The molecule has 18 heavy (non-hydrogen) atoms. The summed E-state index contributed by atoms with van der Waals surface area (Å²) in [5.41, 5.74) is 0.963. The third-order valence-electron chi connectivity index (χ3n) is 2.72. The second-order valence-corrected chi connectivity index (χ2v) is 5.49. The predicted octanol–water partition coefficient (Wildman–Crippen LogP) is 4.93. The molecule has 0 saturated heterocycles. The van der Waals surface area contributed by atoms with Crippen molar-refractivity contribution < 1.29 is 5.11 Å². The summed E-state index contributed by atoms with van der Waals surface area (Å²) < 4.78 is 0. The Morgan fingerprint density at radius 3 is 2.33 bits per heavy atom. The molecule has 2 aromatic rings. The van der Waals surface area contributed by atoms with Gasteiger partial charge in [-0.2, -0.15) is 0 Å². The van der Waals surface area contributed by atoms with Crippen LogP contribution in [-0.4, -0.2) is 5.11 Å². The van der Waals surface area contributed by atoms with Gasteiger partial charge in [0.15, 0.2) is 0 Å². The number of hydrogen-bond acceptors (Lipinski definition) is 2. The van der Waals surface area contributed by atoms with Crippen LogP contribution in [-0.2, 0) is 0 Å². The molecule has 1 unspecified atom stereocenters. The summed E-state index contributed by atoms with van der Waals surface area (Å²) in [7, 11) is 0. The topological polar surface area (TPSA) is 20.2 Å². The highest BCUT2D eigenvalue weighted by Gasteiger charge is 2.11. The first-order valence-electron chi connectivity index (χ1n) is 5.91. The minimum Gasteiger partial charge on any atom is -0.388 e. The van der Waals surface area contributed by atoms with Crippen molar-refractivity contribution in [3.8, 4) is 0 Å². The van der Waals surface area contributed by atoms with E-state index in [0.717, 1.165) is 20.4 Å². The highest BCUT2D eigenvalue weighted by molar-refractivity contribution is 7.99. The number of aliphatic hydroxyl groups is 1. The fraction of sp³-hybridized carbons (Fsp3) is 0.200. The first-order chi connectivity index (χ1) is 8.72. The van der Waals surface area contributed by atoms with Gasteiger partial charge in [0.25, 0.3) is 0 Å². The van der Waals surface area contributed by atoms with Crippen molar-refractivity contribution in [1.82, 2.24) is 0 Å². The third-order valence-corrected chi connectivity index (χ3v) is 4.33. The fourth-order valence-electron chi connectivity index (χ4n) is 1.71. The van der Waals surface area contributed by atoms with Gasteiger partial charge in [-0.1, -0.05) is 60.6 Å². The number of halogens is 1. The Kier molecular flexibility index (Phi) is 4.70. The van der Waals surface area contributed by atoms with Crippen molar-refractivity contribution >= 4 is 23.4 Å². The molecule has 0 bridgehead atoms. The Hall–Kier alpha value is -0.960.